The molecule has 8 aromatic rings. The Bertz CT molecular complexity index is 2140. The van der Waals surface area contributed by atoms with Gasteiger partial charge in [0, 0.05) is 0 Å². The van der Waals surface area contributed by atoms with Gasteiger partial charge in [0.15, 0.2) is 0 Å². The fourth-order valence-corrected chi connectivity index (χ4v) is 7.72. The summed E-state index contributed by atoms with van der Waals surface area (Å²) >= 11 is 11.9. The zero-order valence-electron chi connectivity index (χ0n) is 24.6. The second-order valence-corrected chi connectivity index (χ2v) is 13.7. The van der Waals surface area contributed by atoms with Crippen molar-refractivity contribution < 1.29 is 19.1 Å². The Hall–Kier alpha value is -4.44. The van der Waals surface area contributed by atoms with Gasteiger partial charge in [0.1, 0.15) is 10.0 Å². The average Bonchev–Trinajstić information content (AvgIpc) is 3.92. The maximum absolute atomic E-state index is 12.3. The van der Waals surface area contributed by atoms with Gasteiger partial charge in [-0.3, -0.25) is 0 Å². The third-order valence-electron chi connectivity index (χ3n) is 6.51. The second kappa shape index (κ2) is 15.2. The van der Waals surface area contributed by atoms with Gasteiger partial charge in [-0.05, 0) is 48.5 Å². The maximum Gasteiger partial charge on any atom is 0.347 e. The van der Waals surface area contributed by atoms with Crippen molar-refractivity contribution in [2.75, 3.05) is 0 Å². The molecule has 4 heterocycles. The van der Waals surface area contributed by atoms with Crippen molar-refractivity contribution >= 4 is 133 Å². The highest BCUT2D eigenvalue weighted by Crippen LogP contribution is 2.32. The third kappa shape index (κ3) is 7.49. The fraction of sp³-hybridized carbons (Fsp3) is 0. The lowest BCUT2D eigenvalue weighted by Crippen LogP contribution is -2.09. The Morgan fingerprint density at radius 3 is 1.08 bits per heavy atom. The number of benzene rings is 4. The summed E-state index contributed by atoms with van der Waals surface area (Å²) in [7, 11) is 0. The van der Waals surface area contributed by atoms with Crippen LogP contribution in [0.25, 0.3) is 52.0 Å². The molecule has 4 aromatic heterocycles. The molecule has 0 fully saturated rings. The Morgan fingerprint density at radius 1 is 0.479 bits per heavy atom. The van der Waals surface area contributed by atoms with Crippen molar-refractivity contribution in [3.63, 3.8) is 0 Å². The van der Waals surface area contributed by atoms with Crippen molar-refractivity contribution in [1.29, 1.82) is 0 Å². The van der Waals surface area contributed by atoms with E-state index in [2.05, 4.69) is 56.4 Å². The monoisotopic (exact) mass is 742 g/mol. The van der Waals surface area contributed by atoms with Crippen molar-refractivity contribution in [2.24, 2.45) is 0 Å². The van der Waals surface area contributed by atoms with E-state index in [-0.39, 0.29) is 11.1 Å². The molecule has 0 aliphatic heterocycles. The van der Waals surface area contributed by atoms with E-state index in [4.69, 9.17) is 9.47 Å². The molecule has 0 N–H and O–H groups in total. The normalized spacial score (nSPS) is 10.6. The number of esters is 2. The van der Waals surface area contributed by atoms with Crippen LogP contribution in [0.1, 0.15) is 10.0 Å². The molecule has 238 valence electrons. The Morgan fingerprint density at radius 2 is 0.771 bits per heavy atom. The average molecular weight is 743 g/mol. The molecule has 0 amide bonds. The standard InChI is InChI=1S/2C17H10N2O2S2.H2S2/c2*1-10(15-18-11-6-2-4-8-13(11)22-15)16(20)21-17-19-12-7-3-5-9-14(12)23-17;1-2/h2*2-9H,1H2;1-2H. The number of nitrogens with zero attached hydrogens (tertiary/aromatic N) is 4. The number of aromatic nitrogens is 4. The molecule has 0 aliphatic carbocycles. The number of rotatable bonds is 6. The quantitative estimate of drug-likeness (QED) is 0.0751. The number of hydrogen-bond acceptors (Lipinski definition) is 14. The van der Waals surface area contributed by atoms with Gasteiger partial charge < -0.3 is 9.47 Å². The van der Waals surface area contributed by atoms with Gasteiger partial charge in [0.25, 0.3) is 10.4 Å². The number of thiol groups is 2. The molecule has 4 aromatic carbocycles. The summed E-state index contributed by atoms with van der Waals surface area (Å²) in [5.41, 5.74) is 3.80. The van der Waals surface area contributed by atoms with Crippen LogP contribution in [0.4, 0.5) is 0 Å². The van der Waals surface area contributed by atoms with Gasteiger partial charge in [-0.15, -0.1) is 46.0 Å². The summed E-state index contributed by atoms with van der Waals surface area (Å²) in [6.07, 6.45) is 0. The van der Waals surface area contributed by atoms with Gasteiger partial charge in [-0.25, -0.2) is 29.5 Å². The minimum atomic E-state index is -0.525. The first-order valence-electron chi connectivity index (χ1n) is 13.9. The highest BCUT2D eigenvalue weighted by molar-refractivity contribution is 8.59. The van der Waals surface area contributed by atoms with E-state index < -0.39 is 11.9 Å². The summed E-state index contributed by atoms with van der Waals surface area (Å²) in [4.78, 5) is 42.0. The van der Waals surface area contributed by atoms with Crippen LogP contribution in [0.2, 0.25) is 0 Å². The lowest BCUT2D eigenvalue weighted by Gasteiger charge is -2.00. The summed E-state index contributed by atoms with van der Waals surface area (Å²) in [6, 6.07) is 30.7. The Labute approximate surface area is 300 Å². The fourth-order valence-electron chi connectivity index (χ4n) is 4.25. The zero-order valence-corrected chi connectivity index (χ0v) is 29.7. The molecule has 14 heteroatoms. The predicted octanol–water partition coefficient (Wildman–Crippen LogP) is 9.81. The zero-order chi connectivity index (χ0) is 33.6. The van der Waals surface area contributed by atoms with Gasteiger partial charge in [0.2, 0.25) is 0 Å². The van der Waals surface area contributed by atoms with Crippen LogP contribution in [-0.4, -0.2) is 31.9 Å². The third-order valence-corrected chi connectivity index (χ3v) is 10.5. The molecule has 0 bridgehead atoms. The molecule has 0 unspecified atom stereocenters. The van der Waals surface area contributed by atoms with Crippen LogP contribution in [0.15, 0.2) is 110 Å². The number of carbonyl (C=O) groups excluding carboxylic acids is 2. The number of para-hydroxylation sites is 4. The molecule has 8 rings (SSSR count). The van der Waals surface area contributed by atoms with E-state index in [1.54, 1.807) is 0 Å². The first-order chi connectivity index (χ1) is 23.4. The Balaban J connectivity index is 0.000000159. The molecular formula is C34H22N4O4S6. The van der Waals surface area contributed by atoms with Crippen LogP contribution < -0.4 is 9.47 Å². The summed E-state index contributed by atoms with van der Waals surface area (Å²) < 4.78 is 14.7. The van der Waals surface area contributed by atoms with E-state index >= 15 is 0 Å². The maximum atomic E-state index is 12.3. The number of fused-ring (bicyclic) bond motifs is 4. The number of ether oxygens (including phenoxy) is 2. The number of hydrogen-bond donors (Lipinski definition) is 2. The largest absolute Gasteiger partial charge is 0.394 e. The van der Waals surface area contributed by atoms with E-state index in [1.807, 2.05) is 97.1 Å². The highest BCUT2D eigenvalue weighted by atomic mass is 33.1. The van der Waals surface area contributed by atoms with Crippen LogP contribution in [0, 0.1) is 0 Å². The minimum absolute atomic E-state index is 0.241. The first-order valence-corrected chi connectivity index (χ1v) is 18.7. The number of thiazole rings is 4. The van der Waals surface area contributed by atoms with Gasteiger partial charge in [-0.1, -0.05) is 84.4 Å². The molecule has 0 atom stereocenters. The van der Waals surface area contributed by atoms with Crippen LogP contribution in [-0.2, 0) is 9.59 Å². The molecule has 0 saturated heterocycles. The molecule has 0 spiro atoms. The van der Waals surface area contributed by atoms with Gasteiger partial charge >= 0.3 is 11.9 Å². The lowest BCUT2D eigenvalue weighted by molar-refractivity contribution is -0.128. The lowest BCUT2D eigenvalue weighted by atomic mass is 10.3. The Kier molecular flexibility index (Phi) is 10.6. The highest BCUT2D eigenvalue weighted by Gasteiger charge is 2.19. The molecule has 8 nitrogen and oxygen atoms in total. The van der Waals surface area contributed by atoms with E-state index in [1.165, 1.54) is 45.3 Å². The van der Waals surface area contributed by atoms with E-state index in [0.717, 1.165) is 40.9 Å². The van der Waals surface area contributed by atoms with E-state index in [0.29, 0.717) is 20.4 Å². The minimum Gasteiger partial charge on any atom is -0.394 e. The number of carbonyl (C=O) groups is 2. The van der Waals surface area contributed by atoms with Crippen molar-refractivity contribution in [2.45, 2.75) is 0 Å². The van der Waals surface area contributed by atoms with Crippen LogP contribution in [0.5, 0.6) is 10.4 Å². The molecule has 48 heavy (non-hydrogen) atoms. The van der Waals surface area contributed by atoms with Crippen molar-refractivity contribution in [3.8, 4) is 10.4 Å². The van der Waals surface area contributed by atoms with Crippen molar-refractivity contribution in [3.05, 3.63) is 120 Å². The molecule has 0 saturated carbocycles. The molecular weight excluding hydrogens is 721 g/mol. The predicted molar refractivity (Wildman–Crippen MR) is 206 cm³/mol. The SMILES string of the molecule is C=C(C(=O)Oc1nc2ccccc2s1)c1nc2ccccc2s1.C=C(C(=O)Oc1nc2ccccc2s1)c1nc2ccccc2s1.SS. The molecule has 0 aliphatic rings. The van der Waals surface area contributed by atoms with Crippen molar-refractivity contribution in [1.82, 2.24) is 19.9 Å². The summed E-state index contributed by atoms with van der Waals surface area (Å²) in [5, 5.41) is 1.77. The van der Waals surface area contributed by atoms with Crippen LogP contribution in [0.3, 0.4) is 0 Å². The molecule has 0 radical (unpaired) electrons. The van der Waals surface area contributed by atoms with E-state index in [9.17, 15) is 9.59 Å². The van der Waals surface area contributed by atoms with Gasteiger partial charge in [-0.2, -0.15) is 0 Å². The summed E-state index contributed by atoms with van der Waals surface area (Å²) in [6.45, 7) is 7.64. The topological polar surface area (TPSA) is 104 Å². The van der Waals surface area contributed by atoms with Crippen LogP contribution >= 0.6 is 68.7 Å². The summed E-state index contributed by atoms with van der Waals surface area (Å²) in [5.74, 6) is -1.05. The van der Waals surface area contributed by atoms with Gasteiger partial charge in [0.05, 0.1) is 52.0 Å². The smallest absolute Gasteiger partial charge is 0.347 e. The first kappa shape index (κ1) is 33.5. The second-order valence-electron chi connectivity index (χ2n) is 9.60.